The number of benzene rings is 1. The summed E-state index contributed by atoms with van der Waals surface area (Å²) in [4.78, 5) is 12.1. The van der Waals surface area contributed by atoms with Gasteiger partial charge in [0.2, 0.25) is 0 Å². The van der Waals surface area contributed by atoms with Gasteiger partial charge in [0.1, 0.15) is 0 Å². The Hall–Kier alpha value is -1.71. The van der Waals surface area contributed by atoms with E-state index < -0.39 is 0 Å². The highest BCUT2D eigenvalue weighted by Crippen LogP contribution is 2.34. The molecule has 1 aliphatic rings. The normalized spacial score (nSPS) is 20.8. The smallest absolute Gasteiger partial charge is 0.251 e. The SMILES string of the molecule is CCOc1cc(C(=O)NC2CC2CC)ccc1OC. The molecule has 1 fully saturated rings. The van der Waals surface area contributed by atoms with Crippen LogP contribution in [0.25, 0.3) is 0 Å². The van der Waals surface area contributed by atoms with E-state index in [4.69, 9.17) is 9.47 Å². The van der Waals surface area contributed by atoms with Crippen LogP contribution >= 0.6 is 0 Å². The van der Waals surface area contributed by atoms with Gasteiger partial charge in [-0.3, -0.25) is 4.79 Å². The summed E-state index contributed by atoms with van der Waals surface area (Å²) in [7, 11) is 1.59. The third kappa shape index (κ3) is 3.19. The van der Waals surface area contributed by atoms with Crippen molar-refractivity contribution < 1.29 is 14.3 Å². The fraction of sp³-hybridized carbons (Fsp3) is 0.533. The van der Waals surface area contributed by atoms with E-state index in [0.29, 0.717) is 35.6 Å². The molecule has 0 radical (unpaired) electrons. The summed E-state index contributed by atoms with van der Waals surface area (Å²) in [6.45, 7) is 4.60. The topological polar surface area (TPSA) is 47.6 Å². The summed E-state index contributed by atoms with van der Waals surface area (Å²) in [5, 5.41) is 3.04. The molecule has 0 aromatic heterocycles. The van der Waals surface area contributed by atoms with Crippen molar-refractivity contribution in [1.29, 1.82) is 0 Å². The lowest BCUT2D eigenvalue weighted by Crippen LogP contribution is -2.26. The number of rotatable bonds is 6. The number of carbonyl (C=O) groups excluding carboxylic acids is 1. The summed E-state index contributed by atoms with van der Waals surface area (Å²) >= 11 is 0. The lowest BCUT2D eigenvalue weighted by atomic mass is 10.2. The van der Waals surface area contributed by atoms with Crippen LogP contribution in [-0.4, -0.2) is 25.7 Å². The zero-order valence-corrected chi connectivity index (χ0v) is 11.7. The number of ether oxygens (including phenoxy) is 2. The van der Waals surface area contributed by atoms with Gasteiger partial charge in [0.15, 0.2) is 11.5 Å². The van der Waals surface area contributed by atoms with Gasteiger partial charge in [0.25, 0.3) is 5.91 Å². The molecule has 19 heavy (non-hydrogen) atoms. The Bertz CT molecular complexity index is 459. The molecule has 1 aliphatic carbocycles. The Morgan fingerprint density at radius 2 is 2.16 bits per heavy atom. The second-order valence-corrected chi connectivity index (χ2v) is 4.78. The number of hydrogen-bond donors (Lipinski definition) is 1. The van der Waals surface area contributed by atoms with Gasteiger partial charge in [-0.15, -0.1) is 0 Å². The average Bonchev–Trinajstić information content (AvgIpc) is 3.17. The van der Waals surface area contributed by atoms with Gasteiger partial charge in [0.05, 0.1) is 13.7 Å². The fourth-order valence-corrected chi connectivity index (χ4v) is 2.21. The molecule has 1 aromatic rings. The molecule has 0 aliphatic heterocycles. The first kappa shape index (κ1) is 13.7. The Balaban J connectivity index is 2.07. The molecule has 1 saturated carbocycles. The monoisotopic (exact) mass is 263 g/mol. The van der Waals surface area contributed by atoms with Gasteiger partial charge in [-0.2, -0.15) is 0 Å². The molecule has 2 unspecified atom stereocenters. The van der Waals surface area contributed by atoms with Crippen molar-refractivity contribution in [2.24, 2.45) is 5.92 Å². The molecular formula is C15H21NO3. The third-order valence-electron chi connectivity index (χ3n) is 3.49. The van der Waals surface area contributed by atoms with Crippen LogP contribution in [0, 0.1) is 5.92 Å². The maximum Gasteiger partial charge on any atom is 0.251 e. The second kappa shape index (κ2) is 5.95. The molecule has 4 heteroatoms. The zero-order valence-electron chi connectivity index (χ0n) is 11.7. The minimum absolute atomic E-state index is 0.0374. The minimum atomic E-state index is -0.0374. The Kier molecular flexibility index (Phi) is 4.30. The largest absolute Gasteiger partial charge is 0.493 e. The third-order valence-corrected chi connectivity index (χ3v) is 3.49. The van der Waals surface area contributed by atoms with Gasteiger partial charge in [0, 0.05) is 11.6 Å². The summed E-state index contributed by atoms with van der Waals surface area (Å²) < 4.78 is 10.7. The van der Waals surface area contributed by atoms with Crippen molar-refractivity contribution in [1.82, 2.24) is 5.32 Å². The van der Waals surface area contributed by atoms with Crippen LogP contribution in [0.5, 0.6) is 11.5 Å². The van der Waals surface area contributed by atoms with Crippen LogP contribution in [0.4, 0.5) is 0 Å². The van der Waals surface area contributed by atoms with E-state index in [9.17, 15) is 4.79 Å². The predicted molar refractivity (Wildman–Crippen MR) is 73.8 cm³/mol. The molecule has 1 aromatic carbocycles. The van der Waals surface area contributed by atoms with Crippen molar-refractivity contribution >= 4 is 5.91 Å². The first-order valence-electron chi connectivity index (χ1n) is 6.81. The average molecular weight is 263 g/mol. The molecule has 0 bridgehead atoms. The van der Waals surface area contributed by atoms with Crippen molar-refractivity contribution in [2.75, 3.05) is 13.7 Å². The molecule has 1 amide bonds. The molecule has 1 N–H and O–H groups in total. The van der Waals surface area contributed by atoms with Crippen molar-refractivity contribution in [3.8, 4) is 11.5 Å². The van der Waals surface area contributed by atoms with Gasteiger partial charge >= 0.3 is 0 Å². The summed E-state index contributed by atoms with van der Waals surface area (Å²) in [6.07, 6.45) is 2.22. The molecule has 2 rings (SSSR count). The quantitative estimate of drug-likeness (QED) is 0.858. The molecule has 104 valence electrons. The van der Waals surface area contributed by atoms with Crippen LogP contribution in [0.15, 0.2) is 18.2 Å². The number of methoxy groups -OCH3 is 1. The first-order valence-corrected chi connectivity index (χ1v) is 6.81. The van der Waals surface area contributed by atoms with Crippen LogP contribution in [0.1, 0.15) is 37.0 Å². The van der Waals surface area contributed by atoms with Crippen molar-refractivity contribution in [3.05, 3.63) is 23.8 Å². The van der Waals surface area contributed by atoms with Gasteiger partial charge in [-0.25, -0.2) is 0 Å². The van der Waals surface area contributed by atoms with E-state index in [1.54, 1.807) is 25.3 Å². The number of amides is 1. The van der Waals surface area contributed by atoms with Crippen LogP contribution < -0.4 is 14.8 Å². The Morgan fingerprint density at radius 1 is 1.37 bits per heavy atom. The van der Waals surface area contributed by atoms with Gasteiger partial charge < -0.3 is 14.8 Å². The fourth-order valence-electron chi connectivity index (χ4n) is 2.21. The second-order valence-electron chi connectivity index (χ2n) is 4.78. The maximum atomic E-state index is 12.1. The lowest BCUT2D eigenvalue weighted by Gasteiger charge is -2.11. The maximum absolute atomic E-state index is 12.1. The number of nitrogens with one attached hydrogen (secondary N) is 1. The van der Waals surface area contributed by atoms with E-state index in [2.05, 4.69) is 12.2 Å². The highest BCUT2D eigenvalue weighted by atomic mass is 16.5. The van der Waals surface area contributed by atoms with Gasteiger partial charge in [-0.05, 0) is 37.5 Å². The van der Waals surface area contributed by atoms with Crippen molar-refractivity contribution in [3.63, 3.8) is 0 Å². The molecule has 4 nitrogen and oxygen atoms in total. The molecule has 0 heterocycles. The Labute approximate surface area is 114 Å². The lowest BCUT2D eigenvalue weighted by molar-refractivity contribution is 0.0948. The molecule has 0 saturated heterocycles. The van der Waals surface area contributed by atoms with E-state index in [-0.39, 0.29) is 5.91 Å². The zero-order chi connectivity index (χ0) is 13.8. The highest BCUT2D eigenvalue weighted by molar-refractivity contribution is 5.95. The van der Waals surface area contributed by atoms with Crippen LogP contribution in [0.2, 0.25) is 0 Å². The summed E-state index contributed by atoms with van der Waals surface area (Å²) in [5.74, 6) is 1.87. The van der Waals surface area contributed by atoms with E-state index >= 15 is 0 Å². The highest BCUT2D eigenvalue weighted by Gasteiger charge is 2.36. The number of hydrogen-bond acceptors (Lipinski definition) is 3. The summed E-state index contributed by atoms with van der Waals surface area (Å²) in [6, 6.07) is 5.61. The standard InChI is InChI=1S/C15H21NO3/c1-4-10-8-12(10)16-15(17)11-6-7-13(18-3)14(9-11)19-5-2/h6-7,9-10,12H,4-5,8H2,1-3H3,(H,16,17). The van der Waals surface area contributed by atoms with Crippen LogP contribution in [-0.2, 0) is 0 Å². The van der Waals surface area contributed by atoms with E-state index in [1.165, 1.54) is 0 Å². The molecular weight excluding hydrogens is 242 g/mol. The molecule has 2 atom stereocenters. The van der Waals surface area contributed by atoms with E-state index in [1.807, 2.05) is 6.92 Å². The minimum Gasteiger partial charge on any atom is -0.493 e. The first-order chi connectivity index (χ1) is 9.19. The predicted octanol–water partition coefficient (Wildman–Crippen LogP) is 2.62. The number of carbonyl (C=O) groups is 1. The van der Waals surface area contributed by atoms with Gasteiger partial charge in [-0.1, -0.05) is 13.3 Å². The van der Waals surface area contributed by atoms with Crippen molar-refractivity contribution in [2.45, 2.75) is 32.7 Å². The molecule has 0 spiro atoms. The Morgan fingerprint density at radius 3 is 2.74 bits per heavy atom. The summed E-state index contributed by atoms with van der Waals surface area (Å²) in [5.41, 5.74) is 0.617. The van der Waals surface area contributed by atoms with Crippen LogP contribution in [0.3, 0.4) is 0 Å². The van der Waals surface area contributed by atoms with E-state index in [0.717, 1.165) is 12.8 Å².